The molecule has 2 rings (SSSR count). The fourth-order valence-corrected chi connectivity index (χ4v) is 2.22. The third-order valence-corrected chi connectivity index (χ3v) is 3.15. The van der Waals surface area contributed by atoms with Crippen molar-refractivity contribution in [3.05, 3.63) is 21.4 Å². The first-order chi connectivity index (χ1) is 7.98. The molecule has 0 atom stereocenters. The van der Waals surface area contributed by atoms with Crippen LogP contribution in [0.2, 0.25) is 0 Å². The summed E-state index contributed by atoms with van der Waals surface area (Å²) < 4.78 is 39.2. The van der Waals surface area contributed by atoms with Crippen LogP contribution in [0.4, 0.5) is 19.0 Å². The van der Waals surface area contributed by atoms with Gasteiger partial charge in [0.2, 0.25) is 0 Å². The zero-order valence-corrected chi connectivity index (χ0v) is 11.0. The van der Waals surface area contributed by atoms with Crippen LogP contribution >= 0.6 is 22.6 Å². The van der Waals surface area contributed by atoms with Gasteiger partial charge >= 0.3 is 6.18 Å². The molecule has 2 heterocycles. The first-order valence-corrected chi connectivity index (χ1v) is 6.25. The van der Waals surface area contributed by atoms with Crippen molar-refractivity contribution in [2.24, 2.45) is 0 Å². The van der Waals surface area contributed by atoms with E-state index in [2.05, 4.69) is 10.3 Å². The number of nitrogens with zero attached hydrogens (tertiary/aromatic N) is 2. The quantitative estimate of drug-likeness (QED) is 0.781. The molecule has 0 unspecified atom stereocenters. The summed E-state index contributed by atoms with van der Waals surface area (Å²) in [6, 6.07) is 1.14. The van der Waals surface area contributed by atoms with Gasteiger partial charge in [-0.15, -0.1) is 0 Å². The SMILES string of the molecule is FC(F)(F)c1cc(I)cnc1N1CCNCC1. The first-order valence-electron chi connectivity index (χ1n) is 5.17. The molecule has 0 aromatic carbocycles. The number of alkyl halides is 3. The summed E-state index contributed by atoms with van der Waals surface area (Å²) in [4.78, 5) is 5.62. The number of aromatic nitrogens is 1. The molecule has 0 radical (unpaired) electrons. The summed E-state index contributed by atoms with van der Waals surface area (Å²) in [6.07, 6.45) is -2.89. The number of hydrogen-bond acceptors (Lipinski definition) is 3. The lowest BCUT2D eigenvalue weighted by Gasteiger charge is -2.30. The molecule has 1 saturated heterocycles. The number of hydrogen-bond donors (Lipinski definition) is 1. The lowest BCUT2D eigenvalue weighted by molar-refractivity contribution is -0.137. The van der Waals surface area contributed by atoms with Gasteiger partial charge in [-0.05, 0) is 28.7 Å². The van der Waals surface area contributed by atoms with Gasteiger partial charge in [-0.1, -0.05) is 0 Å². The van der Waals surface area contributed by atoms with Gasteiger partial charge in [-0.2, -0.15) is 13.2 Å². The minimum atomic E-state index is -4.35. The maximum atomic E-state index is 12.9. The summed E-state index contributed by atoms with van der Waals surface area (Å²) in [5, 5.41) is 3.10. The van der Waals surface area contributed by atoms with E-state index in [1.165, 1.54) is 6.20 Å². The van der Waals surface area contributed by atoms with Crippen molar-refractivity contribution in [1.29, 1.82) is 0 Å². The van der Waals surface area contributed by atoms with Crippen LogP contribution in [0.1, 0.15) is 5.56 Å². The molecule has 0 aliphatic carbocycles. The lowest BCUT2D eigenvalue weighted by atomic mass is 10.2. The molecule has 94 valence electrons. The van der Waals surface area contributed by atoms with E-state index in [0.29, 0.717) is 29.7 Å². The Morgan fingerprint density at radius 2 is 1.94 bits per heavy atom. The minimum Gasteiger partial charge on any atom is -0.354 e. The predicted octanol–water partition coefficient (Wildman–Crippen LogP) is 2.11. The number of pyridine rings is 1. The van der Waals surface area contributed by atoms with Crippen LogP contribution in [0.5, 0.6) is 0 Å². The molecule has 0 saturated carbocycles. The van der Waals surface area contributed by atoms with E-state index in [1.54, 1.807) is 4.90 Å². The zero-order chi connectivity index (χ0) is 12.5. The van der Waals surface area contributed by atoms with Gasteiger partial charge in [0.1, 0.15) is 5.82 Å². The fourth-order valence-electron chi connectivity index (χ4n) is 1.77. The molecule has 1 fully saturated rings. The molecular formula is C10H11F3IN3. The Labute approximate surface area is 111 Å². The predicted molar refractivity (Wildman–Crippen MR) is 67.0 cm³/mol. The zero-order valence-electron chi connectivity index (χ0n) is 8.89. The standard InChI is InChI=1S/C10H11F3IN3/c11-10(12,13)8-5-7(14)6-16-9(8)17-3-1-15-2-4-17/h5-6,15H,1-4H2. The Balaban J connectivity index is 2.38. The van der Waals surface area contributed by atoms with E-state index in [9.17, 15) is 13.2 Å². The average molecular weight is 357 g/mol. The van der Waals surface area contributed by atoms with Crippen molar-refractivity contribution in [2.45, 2.75) is 6.18 Å². The molecule has 1 N–H and O–H groups in total. The van der Waals surface area contributed by atoms with Crippen LogP contribution in [0, 0.1) is 3.57 Å². The van der Waals surface area contributed by atoms with Crippen LogP contribution in [-0.2, 0) is 6.18 Å². The van der Waals surface area contributed by atoms with Gasteiger partial charge in [0, 0.05) is 35.9 Å². The Hall–Kier alpha value is -0.570. The summed E-state index contributed by atoms with van der Waals surface area (Å²) in [7, 11) is 0. The van der Waals surface area contributed by atoms with Crippen LogP contribution in [0.15, 0.2) is 12.3 Å². The van der Waals surface area contributed by atoms with E-state index in [4.69, 9.17) is 0 Å². The van der Waals surface area contributed by atoms with Crippen molar-refractivity contribution in [1.82, 2.24) is 10.3 Å². The van der Waals surface area contributed by atoms with Crippen LogP contribution in [0.3, 0.4) is 0 Å². The van der Waals surface area contributed by atoms with Gasteiger partial charge in [-0.25, -0.2) is 4.98 Å². The maximum Gasteiger partial charge on any atom is 0.419 e. The second-order valence-corrected chi connectivity index (χ2v) is 5.01. The Bertz CT molecular complexity index is 402. The van der Waals surface area contributed by atoms with E-state index >= 15 is 0 Å². The number of nitrogens with one attached hydrogen (secondary N) is 1. The van der Waals surface area contributed by atoms with Crippen molar-refractivity contribution < 1.29 is 13.2 Å². The number of anilines is 1. The van der Waals surface area contributed by atoms with Gasteiger partial charge < -0.3 is 10.2 Å². The van der Waals surface area contributed by atoms with E-state index in [0.717, 1.165) is 6.07 Å². The van der Waals surface area contributed by atoms with E-state index < -0.39 is 11.7 Å². The topological polar surface area (TPSA) is 28.2 Å². The van der Waals surface area contributed by atoms with E-state index in [1.807, 2.05) is 22.6 Å². The van der Waals surface area contributed by atoms with Crippen molar-refractivity contribution >= 4 is 28.4 Å². The van der Waals surface area contributed by atoms with Crippen LogP contribution in [0.25, 0.3) is 0 Å². The van der Waals surface area contributed by atoms with Crippen molar-refractivity contribution in [2.75, 3.05) is 31.1 Å². The molecule has 7 heteroatoms. The molecule has 1 aromatic rings. The minimum absolute atomic E-state index is 0.0411. The molecule has 0 bridgehead atoms. The Morgan fingerprint density at radius 3 is 2.53 bits per heavy atom. The molecule has 3 nitrogen and oxygen atoms in total. The highest BCUT2D eigenvalue weighted by Gasteiger charge is 2.36. The second kappa shape index (κ2) is 4.97. The third kappa shape index (κ3) is 3.01. The van der Waals surface area contributed by atoms with Crippen molar-refractivity contribution in [3.8, 4) is 0 Å². The monoisotopic (exact) mass is 357 g/mol. The van der Waals surface area contributed by atoms with Gasteiger partial charge in [0.05, 0.1) is 5.56 Å². The molecule has 1 aromatic heterocycles. The highest BCUT2D eigenvalue weighted by molar-refractivity contribution is 14.1. The third-order valence-electron chi connectivity index (χ3n) is 2.56. The summed E-state index contributed by atoms with van der Waals surface area (Å²) in [6.45, 7) is 2.48. The lowest BCUT2D eigenvalue weighted by Crippen LogP contribution is -2.44. The number of halogens is 4. The average Bonchev–Trinajstić information content (AvgIpc) is 2.29. The summed E-state index contributed by atoms with van der Waals surface area (Å²) >= 11 is 1.84. The van der Waals surface area contributed by atoms with Crippen LogP contribution in [-0.4, -0.2) is 31.2 Å². The molecule has 1 aliphatic rings. The number of rotatable bonds is 1. The largest absolute Gasteiger partial charge is 0.419 e. The van der Waals surface area contributed by atoms with Gasteiger partial charge in [0.15, 0.2) is 0 Å². The molecular weight excluding hydrogens is 346 g/mol. The smallest absolute Gasteiger partial charge is 0.354 e. The fraction of sp³-hybridized carbons (Fsp3) is 0.500. The molecule has 0 spiro atoms. The van der Waals surface area contributed by atoms with Gasteiger partial charge in [0.25, 0.3) is 0 Å². The maximum absolute atomic E-state index is 12.9. The second-order valence-electron chi connectivity index (χ2n) is 3.76. The molecule has 1 aliphatic heterocycles. The molecule has 17 heavy (non-hydrogen) atoms. The summed E-state index contributed by atoms with van der Waals surface area (Å²) in [5.74, 6) is 0.0411. The Kier molecular flexibility index (Phi) is 3.76. The number of piperazine rings is 1. The van der Waals surface area contributed by atoms with Gasteiger partial charge in [-0.3, -0.25) is 0 Å². The van der Waals surface area contributed by atoms with E-state index in [-0.39, 0.29) is 5.82 Å². The molecule has 0 amide bonds. The highest BCUT2D eigenvalue weighted by atomic mass is 127. The Morgan fingerprint density at radius 1 is 1.29 bits per heavy atom. The normalized spacial score (nSPS) is 17.3. The first kappa shape index (κ1) is 12.9. The summed E-state index contributed by atoms with van der Waals surface area (Å²) in [5.41, 5.74) is -0.647. The van der Waals surface area contributed by atoms with Crippen molar-refractivity contribution in [3.63, 3.8) is 0 Å². The van der Waals surface area contributed by atoms with Crippen LogP contribution < -0.4 is 10.2 Å². The highest BCUT2D eigenvalue weighted by Crippen LogP contribution is 2.36.